The van der Waals surface area contributed by atoms with Gasteiger partial charge in [0.1, 0.15) is 0 Å². The second-order valence-corrected chi connectivity index (χ2v) is 9.05. The maximum Gasteiger partial charge on any atom is 0.271 e. The Bertz CT molecular complexity index is 1280. The highest BCUT2D eigenvalue weighted by atomic mass is 35.5. The van der Waals surface area contributed by atoms with E-state index in [-0.39, 0.29) is 21.2 Å². The van der Waals surface area contributed by atoms with Crippen LogP contribution >= 0.6 is 23.2 Å². The molecule has 0 aliphatic heterocycles. The molecule has 3 aromatic rings. The lowest BCUT2D eigenvalue weighted by atomic mass is 10.1. The normalized spacial score (nSPS) is 11.8. The van der Waals surface area contributed by atoms with E-state index in [2.05, 4.69) is 15.2 Å². The van der Waals surface area contributed by atoms with Crippen molar-refractivity contribution in [3.8, 4) is 0 Å². The lowest BCUT2D eigenvalue weighted by Gasteiger charge is -2.11. The molecule has 0 saturated carbocycles. The van der Waals surface area contributed by atoms with E-state index in [1.807, 2.05) is 0 Å². The van der Waals surface area contributed by atoms with Crippen LogP contribution in [-0.2, 0) is 10.0 Å². The number of nitrogen functional groups attached to an aromatic ring is 1. The van der Waals surface area contributed by atoms with Gasteiger partial charge >= 0.3 is 0 Å². The predicted octanol–water partition coefficient (Wildman–Crippen LogP) is 4.53. The minimum Gasteiger partial charge on any atom is -0.399 e. The average molecular weight is 477 g/mol. The van der Waals surface area contributed by atoms with Crippen molar-refractivity contribution >= 4 is 56.2 Å². The van der Waals surface area contributed by atoms with Crippen LogP contribution in [0.1, 0.15) is 22.8 Å². The van der Waals surface area contributed by atoms with E-state index in [1.165, 1.54) is 36.4 Å². The highest BCUT2D eigenvalue weighted by Gasteiger charge is 2.18. The number of hydrogen-bond donors (Lipinski definition) is 3. The monoisotopic (exact) mass is 476 g/mol. The molecule has 1 amide bonds. The standard InChI is InChI=1S/C21H18Cl2N4O3S/c1-13(14-4-2-6-17(24)10-14)25-26-21(28)15-5-3-7-18(11-15)31(29,30)27-20-12-16(22)8-9-19(20)23/h2-12,27H,24H2,1H3,(H,26,28)/b25-13+. The maximum atomic E-state index is 12.7. The van der Waals surface area contributed by atoms with Crippen LogP contribution in [0.3, 0.4) is 0 Å². The summed E-state index contributed by atoms with van der Waals surface area (Å²) in [4.78, 5) is 12.4. The SMILES string of the molecule is C/C(=N\NC(=O)c1cccc(S(=O)(=O)Nc2cc(Cl)ccc2Cl)c1)c1cccc(N)c1. The van der Waals surface area contributed by atoms with E-state index in [9.17, 15) is 13.2 Å². The number of rotatable bonds is 6. The molecule has 0 aliphatic carbocycles. The number of hydrazone groups is 1. The molecule has 0 unspecified atom stereocenters. The third kappa shape index (κ3) is 5.75. The van der Waals surface area contributed by atoms with Gasteiger partial charge in [0, 0.05) is 16.3 Å². The van der Waals surface area contributed by atoms with E-state index in [0.717, 1.165) is 5.56 Å². The van der Waals surface area contributed by atoms with Crippen molar-refractivity contribution in [3.05, 3.63) is 87.9 Å². The zero-order valence-corrected chi connectivity index (χ0v) is 18.6. The lowest BCUT2D eigenvalue weighted by molar-refractivity contribution is 0.0954. The molecule has 0 radical (unpaired) electrons. The van der Waals surface area contributed by atoms with Gasteiger partial charge < -0.3 is 5.73 Å². The Labute approximate surface area is 189 Å². The third-order valence-corrected chi connectivity index (χ3v) is 6.14. The number of carbonyl (C=O) groups is 1. The number of halogens is 2. The molecule has 10 heteroatoms. The van der Waals surface area contributed by atoms with Crippen molar-refractivity contribution in [2.75, 3.05) is 10.5 Å². The molecule has 0 atom stereocenters. The van der Waals surface area contributed by atoms with Crippen LogP contribution in [-0.4, -0.2) is 20.0 Å². The van der Waals surface area contributed by atoms with Crippen LogP contribution in [0.25, 0.3) is 0 Å². The summed E-state index contributed by atoms with van der Waals surface area (Å²) in [5, 5.41) is 4.57. The first-order valence-corrected chi connectivity index (χ1v) is 11.2. The van der Waals surface area contributed by atoms with Crippen molar-refractivity contribution in [2.24, 2.45) is 5.10 Å². The Morgan fingerprint density at radius 2 is 1.68 bits per heavy atom. The summed E-state index contributed by atoms with van der Waals surface area (Å²) < 4.78 is 27.8. The molecule has 160 valence electrons. The van der Waals surface area contributed by atoms with Gasteiger partial charge in [-0.1, -0.05) is 41.4 Å². The number of carbonyl (C=O) groups excluding carboxylic acids is 1. The van der Waals surface area contributed by atoms with Crippen molar-refractivity contribution in [3.63, 3.8) is 0 Å². The molecule has 3 aromatic carbocycles. The van der Waals surface area contributed by atoms with Crippen LogP contribution in [0.4, 0.5) is 11.4 Å². The number of anilines is 2. The van der Waals surface area contributed by atoms with Gasteiger partial charge in [-0.05, 0) is 61.0 Å². The summed E-state index contributed by atoms with van der Waals surface area (Å²) in [5.74, 6) is -0.568. The van der Waals surface area contributed by atoms with Crippen molar-refractivity contribution in [2.45, 2.75) is 11.8 Å². The Morgan fingerprint density at radius 3 is 2.42 bits per heavy atom. The zero-order valence-electron chi connectivity index (χ0n) is 16.3. The number of nitrogens with two attached hydrogens (primary N) is 1. The molecule has 0 bridgehead atoms. The van der Waals surface area contributed by atoms with Crippen molar-refractivity contribution < 1.29 is 13.2 Å². The summed E-state index contributed by atoms with van der Waals surface area (Å²) >= 11 is 11.9. The first-order chi connectivity index (χ1) is 14.7. The molecular formula is C21H18Cl2N4O3S. The maximum absolute atomic E-state index is 12.7. The highest BCUT2D eigenvalue weighted by Crippen LogP contribution is 2.28. The quantitative estimate of drug-likeness (QED) is 0.275. The summed E-state index contributed by atoms with van der Waals surface area (Å²) in [6.07, 6.45) is 0. The molecule has 0 saturated heterocycles. The van der Waals surface area contributed by atoms with Gasteiger partial charge in [-0.15, -0.1) is 0 Å². The minimum absolute atomic E-state index is 0.115. The number of hydrogen-bond acceptors (Lipinski definition) is 5. The predicted molar refractivity (Wildman–Crippen MR) is 124 cm³/mol. The Hall–Kier alpha value is -3.07. The lowest BCUT2D eigenvalue weighted by Crippen LogP contribution is -2.20. The molecule has 31 heavy (non-hydrogen) atoms. The number of nitrogens with zero attached hydrogens (tertiary/aromatic N) is 1. The average Bonchev–Trinajstić information content (AvgIpc) is 2.74. The summed E-state index contributed by atoms with van der Waals surface area (Å²) in [7, 11) is -4.01. The highest BCUT2D eigenvalue weighted by molar-refractivity contribution is 7.92. The molecule has 0 heterocycles. The van der Waals surface area contributed by atoms with Crippen LogP contribution < -0.4 is 15.9 Å². The fraction of sp³-hybridized carbons (Fsp3) is 0.0476. The molecule has 0 aliphatic rings. The Morgan fingerprint density at radius 1 is 0.968 bits per heavy atom. The van der Waals surface area contributed by atoms with Gasteiger partial charge in [-0.25, -0.2) is 13.8 Å². The van der Waals surface area contributed by atoms with Crippen LogP contribution in [0.2, 0.25) is 10.0 Å². The molecular weight excluding hydrogens is 459 g/mol. The number of sulfonamides is 1. The number of amides is 1. The first kappa shape index (κ1) is 22.6. The molecule has 4 N–H and O–H groups in total. The number of nitrogens with one attached hydrogen (secondary N) is 2. The van der Waals surface area contributed by atoms with Crippen LogP contribution in [0.5, 0.6) is 0 Å². The molecule has 0 aromatic heterocycles. The zero-order chi connectivity index (χ0) is 22.6. The molecule has 7 nitrogen and oxygen atoms in total. The van der Waals surface area contributed by atoms with E-state index < -0.39 is 15.9 Å². The summed E-state index contributed by atoms with van der Waals surface area (Å²) in [6.45, 7) is 1.72. The second-order valence-electron chi connectivity index (χ2n) is 6.52. The van der Waals surface area contributed by atoms with Crippen LogP contribution in [0, 0.1) is 0 Å². The smallest absolute Gasteiger partial charge is 0.271 e. The molecule has 0 fully saturated rings. The fourth-order valence-electron chi connectivity index (χ4n) is 2.61. The fourth-order valence-corrected chi connectivity index (χ4v) is 4.12. The van der Waals surface area contributed by atoms with Crippen LogP contribution in [0.15, 0.2) is 76.7 Å². The number of benzene rings is 3. The van der Waals surface area contributed by atoms with Crippen molar-refractivity contribution in [1.29, 1.82) is 0 Å². The van der Waals surface area contributed by atoms with E-state index in [1.54, 1.807) is 37.3 Å². The summed E-state index contributed by atoms with van der Waals surface area (Å²) in [6, 6.07) is 17.0. The minimum atomic E-state index is -4.01. The van der Waals surface area contributed by atoms with Gasteiger partial charge in [0.25, 0.3) is 15.9 Å². The molecule has 3 rings (SSSR count). The van der Waals surface area contributed by atoms with E-state index in [0.29, 0.717) is 16.4 Å². The molecule has 0 spiro atoms. The summed E-state index contributed by atoms with van der Waals surface area (Å²) in [5.41, 5.74) is 10.3. The van der Waals surface area contributed by atoms with Gasteiger partial charge in [-0.3, -0.25) is 9.52 Å². The van der Waals surface area contributed by atoms with Gasteiger partial charge in [0.05, 0.1) is 21.3 Å². The largest absolute Gasteiger partial charge is 0.399 e. The van der Waals surface area contributed by atoms with E-state index in [4.69, 9.17) is 28.9 Å². The third-order valence-electron chi connectivity index (χ3n) is 4.21. The van der Waals surface area contributed by atoms with Gasteiger partial charge in [-0.2, -0.15) is 5.10 Å². The topological polar surface area (TPSA) is 114 Å². The Kier molecular flexibility index (Phi) is 6.84. The van der Waals surface area contributed by atoms with Gasteiger partial charge in [0.15, 0.2) is 0 Å². The Balaban J connectivity index is 1.79. The van der Waals surface area contributed by atoms with E-state index >= 15 is 0 Å². The van der Waals surface area contributed by atoms with Gasteiger partial charge in [0.2, 0.25) is 0 Å². The van der Waals surface area contributed by atoms with Crippen molar-refractivity contribution in [1.82, 2.24) is 5.43 Å². The first-order valence-electron chi connectivity index (χ1n) is 8.94. The second kappa shape index (κ2) is 9.38.